The highest BCUT2D eigenvalue weighted by molar-refractivity contribution is 9.10. The van der Waals surface area contributed by atoms with E-state index in [0.717, 1.165) is 28.2 Å². The minimum atomic E-state index is 0.525. The van der Waals surface area contributed by atoms with Crippen LogP contribution in [-0.2, 0) is 6.54 Å². The largest absolute Gasteiger partial charge is 0.496 e. The van der Waals surface area contributed by atoms with Crippen LogP contribution in [0.1, 0.15) is 5.56 Å². The predicted molar refractivity (Wildman–Crippen MR) is 90.2 cm³/mol. The molecule has 0 aromatic heterocycles. The molecule has 2 aromatic carbocycles. The number of ether oxygens (including phenoxy) is 2. The normalized spacial score (nSPS) is 10.0. The molecule has 0 aliphatic carbocycles. The molecule has 0 radical (unpaired) electrons. The number of hydrogen-bond acceptors (Lipinski definition) is 3. The maximum absolute atomic E-state index is 5.46. The van der Waals surface area contributed by atoms with Crippen molar-refractivity contribution >= 4 is 21.6 Å². The molecule has 0 saturated heterocycles. The Morgan fingerprint density at radius 3 is 2.57 bits per heavy atom. The zero-order chi connectivity index (χ0) is 15.1. The Balaban J connectivity index is 1.93. The third kappa shape index (κ3) is 4.53. The molecule has 2 rings (SSSR count). The van der Waals surface area contributed by atoms with E-state index in [4.69, 9.17) is 9.47 Å². The summed E-state index contributed by atoms with van der Waals surface area (Å²) in [5.41, 5.74) is 2.22. The smallest absolute Gasteiger partial charge is 0.133 e. The van der Waals surface area contributed by atoms with Crippen LogP contribution in [0, 0.1) is 0 Å². The maximum Gasteiger partial charge on any atom is 0.133 e. The minimum absolute atomic E-state index is 0.525. The fourth-order valence-corrected chi connectivity index (χ4v) is 2.38. The summed E-state index contributed by atoms with van der Waals surface area (Å²) < 4.78 is 11.6. The molecule has 0 spiro atoms. The van der Waals surface area contributed by atoms with Crippen molar-refractivity contribution < 1.29 is 9.47 Å². The molecule has 0 saturated carbocycles. The molecule has 21 heavy (non-hydrogen) atoms. The van der Waals surface area contributed by atoms with E-state index >= 15 is 0 Å². The third-order valence-corrected chi connectivity index (χ3v) is 3.56. The SMILES string of the molecule is C=CCOc1ccc(CNc2ccc(OC)c(Br)c2)cc1. The van der Waals surface area contributed by atoms with Gasteiger partial charge in [0.2, 0.25) is 0 Å². The first-order valence-corrected chi connectivity index (χ1v) is 7.42. The second-order valence-electron chi connectivity index (χ2n) is 4.45. The number of nitrogens with one attached hydrogen (secondary N) is 1. The van der Waals surface area contributed by atoms with Gasteiger partial charge in [0.1, 0.15) is 18.1 Å². The lowest BCUT2D eigenvalue weighted by Crippen LogP contribution is -2.00. The average molecular weight is 348 g/mol. The van der Waals surface area contributed by atoms with Crippen molar-refractivity contribution in [3.05, 3.63) is 65.2 Å². The van der Waals surface area contributed by atoms with E-state index in [2.05, 4.69) is 27.8 Å². The molecule has 0 atom stereocenters. The number of benzene rings is 2. The van der Waals surface area contributed by atoms with Gasteiger partial charge >= 0.3 is 0 Å². The van der Waals surface area contributed by atoms with E-state index in [-0.39, 0.29) is 0 Å². The second-order valence-corrected chi connectivity index (χ2v) is 5.30. The second kappa shape index (κ2) is 7.74. The molecule has 2 aromatic rings. The molecule has 0 amide bonds. The maximum atomic E-state index is 5.46. The van der Waals surface area contributed by atoms with Crippen molar-refractivity contribution in [2.24, 2.45) is 0 Å². The first kappa shape index (κ1) is 15.4. The van der Waals surface area contributed by atoms with Crippen LogP contribution in [0.4, 0.5) is 5.69 Å². The molecule has 4 heteroatoms. The first-order chi connectivity index (χ1) is 10.2. The van der Waals surface area contributed by atoms with Gasteiger partial charge in [0.15, 0.2) is 0 Å². The highest BCUT2D eigenvalue weighted by Crippen LogP contribution is 2.27. The van der Waals surface area contributed by atoms with E-state index in [1.165, 1.54) is 5.56 Å². The van der Waals surface area contributed by atoms with Crippen LogP contribution in [0.25, 0.3) is 0 Å². The quantitative estimate of drug-likeness (QED) is 0.740. The zero-order valence-corrected chi connectivity index (χ0v) is 13.5. The Morgan fingerprint density at radius 1 is 1.19 bits per heavy atom. The van der Waals surface area contributed by atoms with Crippen LogP contribution < -0.4 is 14.8 Å². The van der Waals surface area contributed by atoms with Crippen LogP contribution in [0.2, 0.25) is 0 Å². The summed E-state index contributed by atoms with van der Waals surface area (Å²) in [5.74, 6) is 1.68. The van der Waals surface area contributed by atoms with Crippen LogP contribution in [-0.4, -0.2) is 13.7 Å². The van der Waals surface area contributed by atoms with Gasteiger partial charge in [0.25, 0.3) is 0 Å². The van der Waals surface area contributed by atoms with Gasteiger partial charge in [-0.15, -0.1) is 0 Å². The predicted octanol–water partition coefficient (Wildman–Crippen LogP) is 4.63. The summed E-state index contributed by atoms with van der Waals surface area (Å²) >= 11 is 3.48. The van der Waals surface area contributed by atoms with Gasteiger partial charge in [-0.3, -0.25) is 0 Å². The van der Waals surface area contributed by atoms with Gasteiger partial charge in [-0.05, 0) is 51.8 Å². The molecule has 0 aliphatic rings. The first-order valence-electron chi connectivity index (χ1n) is 6.63. The molecule has 0 bridgehead atoms. The van der Waals surface area contributed by atoms with Crippen molar-refractivity contribution in [3.63, 3.8) is 0 Å². The van der Waals surface area contributed by atoms with Crippen LogP contribution >= 0.6 is 15.9 Å². The van der Waals surface area contributed by atoms with Crippen molar-refractivity contribution in [2.45, 2.75) is 6.54 Å². The molecule has 1 N–H and O–H groups in total. The minimum Gasteiger partial charge on any atom is -0.496 e. The van der Waals surface area contributed by atoms with Crippen molar-refractivity contribution in [3.8, 4) is 11.5 Å². The van der Waals surface area contributed by atoms with Crippen LogP contribution in [0.3, 0.4) is 0 Å². The van der Waals surface area contributed by atoms with Gasteiger partial charge in [-0.25, -0.2) is 0 Å². The van der Waals surface area contributed by atoms with E-state index in [1.54, 1.807) is 13.2 Å². The average Bonchev–Trinajstić information content (AvgIpc) is 2.52. The van der Waals surface area contributed by atoms with Gasteiger partial charge in [-0.1, -0.05) is 24.8 Å². The fraction of sp³-hybridized carbons (Fsp3) is 0.176. The Morgan fingerprint density at radius 2 is 1.95 bits per heavy atom. The molecule has 3 nitrogen and oxygen atoms in total. The molecule has 0 aliphatic heterocycles. The lowest BCUT2D eigenvalue weighted by atomic mass is 10.2. The Labute approximate surface area is 133 Å². The Bertz CT molecular complexity index is 596. The molecule has 0 unspecified atom stereocenters. The molecular weight excluding hydrogens is 330 g/mol. The summed E-state index contributed by atoms with van der Waals surface area (Å²) in [5, 5.41) is 3.37. The monoisotopic (exact) mass is 347 g/mol. The number of anilines is 1. The zero-order valence-electron chi connectivity index (χ0n) is 11.9. The van der Waals surface area contributed by atoms with Gasteiger partial charge in [-0.2, -0.15) is 0 Å². The van der Waals surface area contributed by atoms with Crippen LogP contribution in [0.15, 0.2) is 59.6 Å². The summed E-state index contributed by atoms with van der Waals surface area (Å²) in [6.07, 6.45) is 1.73. The Hall–Kier alpha value is -1.94. The number of rotatable bonds is 7. The summed E-state index contributed by atoms with van der Waals surface area (Å²) in [4.78, 5) is 0. The topological polar surface area (TPSA) is 30.5 Å². The summed E-state index contributed by atoms with van der Waals surface area (Å²) in [7, 11) is 1.66. The molecule has 0 fully saturated rings. The van der Waals surface area contributed by atoms with Crippen molar-refractivity contribution in [1.82, 2.24) is 0 Å². The standard InChI is InChI=1S/C17H18BrNO2/c1-3-10-21-15-7-4-13(5-8-15)12-19-14-6-9-17(20-2)16(18)11-14/h3-9,11,19H,1,10,12H2,2H3. The van der Waals surface area contributed by atoms with Crippen LogP contribution in [0.5, 0.6) is 11.5 Å². The number of hydrogen-bond donors (Lipinski definition) is 1. The molecule has 0 heterocycles. The van der Waals surface area contributed by atoms with Gasteiger partial charge < -0.3 is 14.8 Å². The highest BCUT2D eigenvalue weighted by Gasteiger charge is 2.01. The van der Waals surface area contributed by atoms with E-state index in [1.807, 2.05) is 42.5 Å². The summed E-state index contributed by atoms with van der Waals surface area (Å²) in [6, 6.07) is 13.9. The van der Waals surface area contributed by atoms with E-state index in [9.17, 15) is 0 Å². The van der Waals surface area contributed by atoms with Gasteiger partial charge in [0, 0.05) is 12.2 Å². The third-order valence-electron chi connectivity index (χ3n) is 2.94. The number of methoxy groups -OCH3 is 1. The van der Waals surface area contributed by atoms with Crippen molar-refractivity contribution in [1.29, 1.82) is 0 Å². The Kier molecular flexibility index (Phi) is 5.69. The molecule has 110 valence electrons. The molecular formula is C17H18BrNO2. The lowest BCUT2D eigenvalue weighted by Gasteiger charge is -2.10. The van der Waals surface area contributed by atoms with E-state index in [0.29, 0.717) is 6.61 Å². The van der Waals surface area contributed by atoms with Gasteiger partial charge in [0.05, 0.1) is 11.6 Å². The van der Waals surface area contributed by atoms with Crippen molar-refractivity contribution in [2.75, 3.05) is 19.0 Å². The van der Waals surface area contributed by atoms with E-state index < -0.39 is 0 Å². The summed E-state index contributed by atoms with van der Waals surface area (Å²) in [6.45, 7) is 4.90. The highest BCUT2D eigenvalue weighted by atomic mass is 79.9. The fourth-order valence-electron chi connectivity index (χ4n) is 1.84. The number of halogens is 1. The lowest BCUT2D eigenvalue weighted by molar-refractivity contribution is 0.363.